The lowest BCUT2D eigenvalue weighted by atomic mass is 9.66. The van der Waals surface area contributed by atoms with Crippen molar-refractivity contribution in [1.29, 1.82) is 0 Å². The fraction of sp³-hybridized carbons (Fsp3) is 0.682. The van der Waals surface area contributed by atoms with Gasteiger partial charge in [0.15, 0.2) is 0 Å². The molecule has 1 aliphatic heterocycles. The Morgan fingerprint density at radius 2 is 1.77 bits per heavy atom. The quantitative estimate of drug-likeness (QED) is 0.837. The van der Waals surface area contributed by atoms with Gasteiger partial charge >= 0.3 is 0 Å². The predicted octanol–water partition coefficient (Wildman–Crippen LogP) is 3.95. The first kappa shape index (κ1) is 19.4. The highest BCUT2D eigenvalue weighted by atomic mass is 16.5. The van der Waals surface area contributed by atoms with Crippen molar-refractivity contribution in [2.24, 2.45) is 11.3 Å². The van der Waals surface area contributed by atoms with Crippen LogP contribution >= 0.6 is 0 Å². The van der Waals surface area contributed by atoms with Crippen LogP contribution < -0.4 is 4.90 Å². The highest BCUT2D eigenvalue weighted by molar-refractivity contribution is 6.00. The first-order valence-corrected chi connectivity index (χ1v) is 10.00. The van der Waals surface area contributed by atoms with Gasteiger partial charge in [0.2, 0.25) is 5.91 Å². The summed E-state index contributed by atoms with van der Waals surface area (Å²) in [7, 11) is 1.71. The third-order valence-electron chi connectivity index (χ3n) is 6.28. The smallest absolute Gasteiger partial charge is 0.233 e. The van der Waals surface area contributed by atoms with Crippen molar-refractivity contribution in [1.82, 2.24) is 0 Å². The Balaban J connectivity index is 1.65. The average Bonchev–Trinajstić information content (AvgIpc) is 2.93. The number of hydrogen-bond acceptors (Lipinski definition) is 3. The van der Waals surface area contributed by atoms with Crippen LogP contribution in [0.3, 0.4) is 0 Å². The van der Waals surface area contributed by atoms with E-state index in [1.165, 1.54) is 5.56 Å². The zero-order valence-corrected chi connectivity index (χ0v) is 16.5. The molecule has 144 valence electrons. The minimum Gasteiger partial charge on any atom is -0.390 e. The fourth-order valence-corrected chi connectivity index (χ4v) is 4.75. The van der Waals surface area contributed by atoms with Gasteiger partial charge in [-0.25, -0.2) is 0 Å². The maximum atomic E-state index is 13.2. The second-order valence-electron chi connectivity index (χ2n) is 8.72. The van der Waals surface area contributed by atoms with Crippen LogP contribution in [0, 0.1) is 11.3 Å². The van der Waals surface area contributed by atoms with Crippen LogP contribution in [-0.4, -0.2) is 36.9 Å². The molecule has 1 amide bonds. The minimum atomic E-state index is -0.573. The van der Waals surface area contributed by atoms with E-state index in [9.17, 15) is 9.90 Å². The van der Waals surface area contributed by atoms with Crippen LogP contribution in [-0.2, 0) is 16.0 Å². The van der Waals surface area contributed by atoms with Crippen molar-refractivity contribution in [2.75, 3.05) is 25.2 Å². The second kappa shape index (κ2) is 7.69. The highest BCUT2D eigenvalue weighted by Crippen LogP contribution is 2.49. The molecule has 4 nitrogen and oxygen atoms in total. The monoisotopic (exact) mass is 359 g/mol. The Kier molecular flexibility index (Phi) is 5.73. The third kappa shape index (κ3) is 3.96. The highest BCUT2D eigenvalue weighted by Gasteiger charge is 2.51. The lowest BCUT2D eigenvalue weighted by Gasteiger charge is -2.41. The molecule has 0 unspecified atom stereocenters. The van der Waals surface area contributed by atoms with E-state index in [1.807, 2.05) is 4.90 Å². The predicted molar refractivity (Wildman–Crippen MR) is 104 cm³/mol. The van der Waals surface area contributed by atoms with E-state index in [0.717, 1.165) is 57.2 Å². The summed E-state index contributed by atoms with van der Waals surface area (Å²) in [5.74, 6) is 0.746. The van der Waals surface area contributed by atoms with Gasteiger partial charge in [0, 0.05) is 19.3 Å². The fourth-order valence-electron chi connectivity index (χ4n) is 4.75. The molecular formula is C22H33NO3. The standard InChI is InChI=1S/C22H33NO3/c1-17(2)16-22(25)11-9-21(10-12-22)13-14-23(20(21)24)19-6-4-18(5-7-19)8-15-26-3/h4-7,17,25H,8-16H2,1-3H3/t21-,22+. The van der Waals surface area contributed by atoms with E-state index in [0.29, 0.717) is 12.5 Å². The molecule has 1 aromatic rings. The van der Waals surface area contributed by atoms with Crippen LogP contribution in [0.5, 0.6) is 0 Å². The normalized spacial score (nSPS) is 29.1. The number of methoxy groups -OCH3 is 1. The second-order valence-corrected chi connectivity index (χ2v) is 8.72. The van der Waals surface area contributed by atoms with Crippen molar-refractivity contribution in [3.05, 3.63) is 29.8 Å². The Morgan fingerprint density at radius 3 is 2.35 bits per heavy atom. The number of anilines is 1. The summed E-state index contributed by atoms with van der Waals surface area (Å²) >= 11 is 0. The number of benzene rings is 1. The van der Waals surface area contributed by atoms with E-state index >= 15 is 0 Å². The van der Waals surface area contributed by atoms with Crippen molar-refractivity contribution in [3.63, 3.8) is 0 Å². The maximum absolute atomic E-state index is 13.2. The van der Waals surface area contributed by atoms with Gasteiger partial charge in [0.05, 0.1) is 17.6 Å². The van der Waals surface area contributed by atoms with Crippen molar-refractivity contribution in [3.8, 4) is 0 Å². The minimum absolute atomic E-state index is 0.252. The molecule has 1 aromatic carbocycles. The molecular weight excluding hydrogens is 326 g/mol. The van der Waals surface area contributed by atoms with Crippen LogP contribution in [0.1, 0.15) is 57.9 Å². The molecule has 3 rings (SSSR count). The van der Waals surface area contributed by atoms with Gasteiger partial charge in [-0.05, 0) is 68.6 Å². The molecule has 26 heavy (non-hydrogen) atoms. The number of ether oxygens (including phenoxy) is 1. The van der Waals surface area contributed by atoms with Gasteiger partial charge in [-0.2, -0.15) is 0 Å². The maximum Gasteiger partial charge on any atom is 0.233 e. The largest absolute Gasteiger partial charge is 0.390 e. The lowest BCUT2D eigenvalue weighted by molar-refractivity contribution is -0.131. The van der Waals surface area contributed by atoms with Crippen LogP contribution in [0.4, 0.5) is 5.69 Å². The number of carbonyl (C=O) groups is 1. The molecule has 2 fully saturated rings. The Hall–Kier alpha value is -1.39. The molecule has 1 spiro atoms. The number of amides is 1. The SMILES string of the molecule is COCCc1ccc(N2CC[C@]3(CC[C@@](O)(CC(C)C)CC3)C2=O)cc1. The summed E-state index contributed by atoms with van der Waals surface area (Å²) in [4.78, 5) is 15.1. The summed E-state index contributed by atoms with van der Waals surface area (Å²) in [5.41, 5.74) is 1.40. The van der Waals surface area contributed by atoms with Gasteiger partial charge in [0.25, 0.3) is 0 Å². The molecule has 1 aliphatic carbocycles. The van der Waals surface area contributed by atoms with E-state index in [-0.39, 0.29) is 11.3 Å². The van der Waals surface area contributed by atoms with E-state index in [4.69, 9.17) is 4.74 Å². The Morgan fingerprint density at radius 1 is 1.12 bits per heavy atom. The van der Waals surface area contributed by atoms with Gasteiger partial charge in [-0.15, -0.1) is 0 Å². The molecule has 1 saturated heterocycles. The molecule has 4 heteroatoms. The molecule has 0 radical (unpaired) electrons. The first-order valence-electron chi connectivity index (χ1n) is 10.00. The van der Waals surface area contributed by atoms with Crippen molar-refractivity contribution in [2.45, 2.75) is 64.4 Å². The van der Waals surface area contributed by atoms with Crippen molar-refractivity contribution < 1.29 is 14.6 Å². The third-order valence-corrected chi connectivity index (χ3v) is 6.28. The summed E-state index contributed by atoms with van der Waals surface area (Å²) in [5, 5.41) is 10.8. The van der Waals surface area contributed by atoms with E-state index in [2.05, 4.69) is 38.1 Å². The van der Waals surface area contributed by atoms with E-state index < -0.39 is 5.60 Å². The number of hydrogen-bond donors (Lipinski definition) is 1. The Bertz CT molecular complexity index is 615. The summed E-state index contributed by atoms with van der Waals surface area (Å²) in [6, 6.07) is 8.30. The van der Waals surface area contributed by atoms with Gasteiger partial charge in [0.1, 0.15) is 0 Å². The molecule has 1 saturated carbocycles. The van der Waals surface area contributed by atoms with Gasteiger partial charge in [-0.1, -0.05) is 26.0 Å². The zero-order valence-electron chi connectivity index (χ0n) is 16.5. The molecule has 1 heterocycles. The number of aliphatic hydroxyl groups is 1. The van der Waals surface area contributed by atoms with Gasteiger partial charge in [-0.3, -0.25) is 4.79 Å². The lowest BCUT2D eigenvalue weighted by Crippen LogP contribution is -2.44. The topological polar surface area (TPSA) is 49.8 Å². The summed E-state index contributed by atoms with van der Waals surface area (Å²) in [6.07, 6.45) is 5.78. The molecule has 0 bridgehead atoms. The average molecular weight is 360 g/mol. The molecule has 1 N–H and O–H groups in total. The Labute approximate surface area is 157 Å². The van der Waals surface area contributed by atoms with Crippen LogP contribution in [0.15, 0.2) is 24.3 Å². The van der Waals surface area contributed by atoms with Crippen LogP contribution in [0.25, 0.3) is 0 Å². The molecule has 2 aliphatic rings. The molecule has 0 atom stereocenters. The summed E-state index contributed by atoms with van der Waals surface area (Å²) < 4.78 is 5.12. The van der Waals surface area contributed by atoms with Gasteiger partial charge < -0.3 is 14.7 Å². The van der Waals surface area contributed by atoms with Crippen LogP contribution in [0.2, 0.25) is 0 Å². The number of nitrogens with zero attached hydrogens (tertiary/aromatic N) is 1. The summed E-state index contributed by atoms with van der Waals surface area (Å²) in [6.45, 7) is 5.81. The van der Waals surface area contributed by atoms with Crippen molar-refractivity contribution >= 4 is 11.6 Å². The first-order chi connectivity index (χ1) is 12.4. The molecule has 0 aromatic heterocycles. The number of rotatable bonds is 6. The number of carbonyl (C=O) groups excluding carboxylic acids is 1. The van der Waals surface area contributed by atoms with E-state index in [1.54, 1.807) is 7.11 Å². The zero-order chi connectivity index (χ0) is 18.8.